The van der Waals surface area contributed by atoms with E-state index in [1.54, 1.807) is 24.7 Å². The molecule has 1 spiro atoms. The number of ether oxygens (including phenoxy) is 1. The summed E-state index contributed by atoms with van der Waals surface area (Å²) in [7, 11) is 0. The molecule has 2 aromatic heterocycles. The van der Waals surface area contributed by atoms with E-state index in [4.69, 9.17) is 16.3 Å². The highest BCUT2D eigenvalue weighted by Crippen LogP contribution is 2.51. The molecule has 26 heavy (non-hydrogen) atoms. The van der Waals surface area contributed by atoms with Crippen LogP contribution >= 0.6 is 11.6 Å². The second-order valence-corrected chi connectivity index (χ2v) is 7.62. The summed E-state index contributed by atoms with van der Waals surface area (Å²) in [5.41, 5.74) is 1.00. The fourth-order valence-corrected chi connectivity index (χ4v) is 4.32. The van der Waals surface area contributed by atoms with Crippen molar-refractivity contribution in [3.63, 3.8) is 0 Å². The van der Waals surface area contributed by atoms with Crippen LogP contribution in [0.3, 0.4) is 0 Å². The first-order valence-electron chi connectivity index (χ1n) is 8.63. The van der Waals surface area contributed by atoms with Crippen molar-refractivity contribution in [1.82, 2.24) is 14.9 Å². The second-order valence-electron chi connectivity index (χ2n) is 7.23. The van der Waals surface area contributed by atoms with Crippen LogP contribution < -0.4 is 0 Å². The van der Waals surface area contributed by atoms with Gasteiger partial charge in [-0.15, -0.1) is 0 Å². The highest BCUT2D eigenvalue weighted by molar-refractivity contribution is 6.29. The largest absolute Gasteiger partial charge is 0.449 e. The molecule has 6 nitrogen and oxygen atoms in total. The van der Waals surface area contributed by atoms with Gasteiger partial charge in [-0.2, -0.15) is 0 Å². The molecule has 2 fully saturated rings. The van der Waals surface area contributed by atoms with Crippen molar-refractivity contribution in [1.29, 1.82) is 0 Å². The zero-order valence-electron chi connectivity index (χ0n) is 13.9. The maximum Gasteiger partial charge on any atom is 0.341 e. The Morgan fingerprint density at radius 2 is 2.04 bits per heavy atom. The summed E-state index contributed by atoms with van der Waals surface area (Å²) in [4.78, 5) is 35.4. The number of esters is 1. The number of hydrogen-bond acceptors (Lipinski definition) is 5. The summed E-state index contributed by atoms with van der Waals surface area (Å²) in [6.45, 7) is 0.952. The quantitative estimate of drug-likeness (QED) is 0.600. The molecule has 7 heteroatoms. The first-order chi connectivity index (χ1) is 12.5. The summed E-state index contributed by atoms with van der Waals surface area (Å²) in [6, 6.07) is 5.42. The fourth-order valence-electron chi connectivity index (χ4n) is 4.21. The van der Waals surface area contributed by atoms with Crippen LogP contribution in [0.25, 0.3) is 0 Å². The molecule has 1 aliphatic carbocycles. The van der Waals surface area contributed by atoms with Gasteiger partial charge in [-0.3, -0.25) is 9.78 Å². The Morgan fingerprint density at radius 3 is 2.77 bits per heavy atom. The van der Waals surface area contributed by atoms with Crippen molar-refractivity contribution < 1.29 is 14.3 Å². The molecule has 3 aliphatic rings. The molecule has 1 amide bonds. The van der Waals surface area contributed by atoms with Gasteiger partial charge in [0, 0.05) is 37.1 Å². The van der Waals surface area contributed by atoms with E-state index in [2.05, 4.69) is 9.97 Å². The van der Waals surface area contributed by atoms with Crippen LogP contribution in [0.5, 0.6) is 0 Å². The number of pyridine rings is 2. The van der Waals surface area contributed by atoms with E-state index in [9.17, 15) is 9.59 Å². The zero-order chi connectivity index (χ0) is 17.9. The number of carbonyl (C=O) groups is 2. The number of likely N-dealkylation sites (tertiary alicyclic amines) is 1. The van der Waals surface area contributed by atoms with Crippen LogP contribution in [-0.2, 0) is 20.5 Å². The van der Waals surface area contributed by atoms with E-state index >= 15 is 0 Å². The maximum atomic E-state index is 13.3. The topological polar surface area (TPSA) is 72.4 Å². The second kappa shape index (κ2) is 5.27. The Morgan fingerprint density at radius 1 is 1.19 bits per heavy atom. The minimum atomic E-state index is -0.737. The summed E-state index contributed by atoms with van der Waals surface area (Å²) >= 11 is 5.87. The molecule has 2 aliphatic heterocycles. The van der Waals surface area contributed by atoms with Gasteiger partial charge in [0.05, 0.1) is 17.5 Å². The van der Waals surface area contributed by atoms with Crippen LogP contribution in [0.15, 0.2) is 36.8 Å². The Balaban J connectivity index is 1.43. The molecule has 1 saturated heterocycles. The highest BCUT2D eigenvalue weighted by atomic mass is 35.5. The van der Waals surface area contributed by atoms with Crippen molar-refractivity contribution in [3.05, 3.63) is 58.6 Å². The van der Waals surface area contributed by atoms with E-state index in [1.165, 1.54) is 0 Å². The van der Waals surface area contributed by atoms with Gasteiger partial charge < -0.3 is 9.64 Å². The normalized spacial score (nSPS) is 25.3. The van der Waals surface area contributed by atoms with Gasteiger partial charge in [0.2, 0.25) is 5.91 Å². The van der Waals surface area contributed by atoms with E-state index in [1.807, 2.05) is 17.0 Å². The lowest BCUT2D eigenvalue weighted by Crippen LogP contribution is -2.40. The molecule has 132 valence electrons. The van der Waals surface area contributed by atoms with E-state index < -0.39 is 11.0 Å². The summed E-state index contributed by atoms with van der Waals surface area (Å²) < 4.78 is 5.71. The Kier molecular flexibility index (Phi) is 3.19. The van der Waals surface area contributed by atoms with Crippen molar-refractivity contribution in [2.24, 2.45) is 0 Å². The van der Waals surface area contributed by atoms with Gasteiger partial charge in [0.1, 0.15) is 5.15 Å². The summed E-state index contributed by atoms with van der Waals surface area (Å²) in [6.07, 6.45) is 7.11. The van der Waals surface area contributed by atoms with Crippen LogP contribution in [0, 0.1) is 0 Å². The Bertz CT molecular complexity index is 926. The minimum Gasteiger partial charge on any atom is -0.449 e. The third-order valence-electron chi connectivity index (χ3n) is 5.78. The number of nitrogens with zero attached hydrogens (tertiary/aromatic N) is 3. The number of carbonyl (C=O) groups excluding carboxylic acids is 2. The van der Waals surface area contributed by atoms with E-state index in [-0.39, 0.29) is 11.9 Å². The van der Waals surface area contributed by atoms with E-state index in [0.717, 1.165) is 24.0 Å². The fraction of sp³-hybridized carbons (Fsp3) is 0.368. The lowest BCUT2D eigenvalue weighted by atomic mass is 9.92. The predicted molar refractivity (Wildman–Crippen MR) is 92.7 cm³/mol. The van der Waals surface area contributed by atoms with Gasteiger partial charge in [-0.1, -0.05) is 17.7 Å². The zero-order valence-corrected chi connectivity index (χ0v) is 14.7. The molecular formula is C19H16ClN3O3. The van der Waals surface area contributed by atoms with Crippen molar-refractivity contribution >= 4 is 23.5 Å². The van der Waals surface area contributed by atoms with Crippen LogP contribution in [-0.4, -0.2) is 39.8 Å². The molecule has 2 aromatic rings. The molecule has 4 heterocycles. The number of amides is 1. The highest BCUT2D eigenvalue weighted by Gasteiger charge is 2.57. The van der Waals surface area contributed by atoms with Gasteiger partial charge in [-0.05, 0) is 30.5 Å². The predicted octanol–water partition coefficient (Wildman–Crippen LogP) is 2.46. The summed E-state index contributed by atoms with van der Waals surface area (Å²) in [5.74, 6) is -0.275. The first-order valence-corrected chi connectivity index (χ1v) is 9.01. The Labute approximate surface area is 155 Å². The van der Waals surface area contributed by atoms with Crippen LogP contribution in [0.1, 0.15) is 40.7 Å². The van der Waals surface area contributed by atoms with Gasteiger partial charge >= 0.3 is 5.97 Å². The average Bonchev–Trinajstić information content (AvgIpc) is 3.28. The molecule has 0 N–H and O–H groups in total. The number of halogens is 1. The molecule has 1 atom stereocenters. The smallest absolute Gasteiger partial charge is 0.341 e. The molecule has 1 unspecified atom stereocenters. The molecule has 0 radical (unpaired) electrons. The number of hydrogen-bond donors (Lipinski definition) is 0. The van der Waals surface area contributed by atoms with Crippen molar-refractivity contribution in [2.75, 3.05) is 13.1 Å². The lowest BCUT2D eigenvalue weighted by molar-refractivity contribution is -0.134. The standard InChI is InChI=1S/C19H16ClN3O3/c20-15-2-1-12(9-22-15)18(4-5-18)17(25)23-8-6-19(11-23)14-3-7-21-10-13(14)16(24)26-19/h1-3,7,9-10H,4-6,8,11H2. The number of fused-ring (bicyclic) bond motifs is 2. The SMILES string of the molecule is O=C1OC2(CCN(C(=O)C3(c4ccc(Cl)nc4)CC3)C2)c2ccncc21. The Hall–Kier alpha value is -2.47. The third-order valence-corrected chi connectivity index (χ3v) is 6.00. The minimum absolute atomic E-state index is 0.0806. The lowest BCUT2D eigenvalue weighted by Gasteiger charge is -2.26. The third kappa shape index (κ3) is 2.11. The van der Waals surface area contributed by atoms with Gasteiger partial charge in [0.15, 0.2) is 5.60 Å². The van der Waals surface area contributed by atoms with Gasteiger partial charge in [0.25, 0.3) is 0 Å². The van der Waals surface area contributed by atoms with Crippen LogP contribution in [0.4, 0.5) is 0 Å². The summed E-state index contributed by atoms with van der Waals surface area (Å²) in [5, 5.41) is 0.417. The van der Waals surface area contributed by atoms with E-state index in [0.29, 0.717) is 30.2 Å². The van der Waals surface area contributed by atoms with Gasteiger partial charge in [-0.25, -0.2) is 9.78 Å². The molecule has 5 rings (SSSR count). The molecular weight excluding hydrogens is 354 g/mol. The monoisotopic (exact) mass is 369 g/mol. The number of rotatable bonds is 2. The molecule has 1 saturated carbocycles. The van der Waals surface area contributed by atoms with Crippen LogP contribution in [0.2, 0.25) is 5.15 Å². The average molecular weight is 370 g/mol. The molecule has 0 bridgehead atoms. The van der Waals surface area contributed by atoms with Crippen molar-refractivity contribution in [3.8, 4) is 0 Å². The maximum absolute atomic E-state index is 13.3. The van der Waals surface area contributed by atoms with Crippen molar-refractivity contribution in [2.45, 2.75) is 30.3 Å². The molecule has 0 aromatic carbocycles. The first kappa shape index (κ1) is 15.8. The number of aromatic nitrogens is 2.